The molecule has 0 radical (unpaired) electrons. The summed E-state index contributed by atoms with van der Waals surface area (Å²) < 4.78 is 4.64. The van der Waals surface area contributed by atoms with Crippen LogP contribution in [0.2, 0.25) is 0 Å². The maximum Gasteiger partial charge on any atom is 0.252 e. The fraction of sp³-hybridized carbons (Fsp3) is 0.333. The Bertz CT molecular complexity index is 256. The first-order chi connectivity index (χ1) is 5.22. The molecule has 1 heterocycles. The molecule has 0 saturated heterocycles. The quantitative estimate of drug-likeness (QED) is 0.627. The smallest absolute Gasteiger partial charge is 0.252 e. The third-order valence-electron chi connectivity index (χ3n) is 1.03. The lowest BCUT2D eigenvalue weighted by molar-refractivity contribution is -0.118. The van der Waals surface area contributed by atoms with Gasteiger partial charge in [0, 0.05) is 6.07 Å². The van der Waals surface area contributed by atoms with Crippen LogP contribution < -0.4 is 5.32 Å². The van der Waals surface area contributed by atoms with Crippen LogP contribution in [0.1, 0.15) is 5.69 Å². The molecule has 0 saturated carbocycles. The second-order valence-corrected chi connectivity index (χ2v) is 2.04. The van der Waals surface area contributed by atoms with Crippen LogP contribution in [-0.2, 0) is 4.79 Å². The number of hydrogen-bond donors (Lipinski definition) is 2. The summed E-state index contributed by atoms with van der Waals surface area (Å²) in [6.07, 6.45) is 0. The number of carbonyl (C=O) groups excluding carboxylic acids is 1. The highest BCUT2D eigenvalue weighted by molar-refractivity contribution is 5.90. The number of amides is 1. The number of anilines is 1. The number of aliphatic hydroxyl groups excluding tert-OH is 1. The van der Waals surface area contributed by atoms with Crippen LogP contribution in [0.5, 0.6) is 0 Å². The third-order valence-corrected chi connectivity index (χ3v) is 1.03. The Morgan fingerprint density at radius 2 is 2.64 bits per heavy atom. The molecule has 0 aliphatic carbocycles. The van der Waals surface area contributed by atoms with Crippen LogP contribution in [0, 0.1) is 6.92 Å². The lowest BCUT2D eigenvalue weighted by atomic mass is 10.5. The maximum absolute atomic E-state index is 10.5. The molecule has 5 nitrogen and oxygen atoms in total. The third kappa shape index (κ3) is 2.05. The van der Waals surface area contributed by atoms with E-state index in [-0.39, 0.29) is 5.88 Å². The van der Waals surface area contributed by atoms with Crippen molar-refractivity contribution in [2.45, 2.75) is 6.92 Å². The van der Waals surface area contributed by atoms with Gasteiger partial charge in [-0.25, -0.2) is 0 Å². The number of nitrogens with one attached hydrogen (secondary N) is 1. The summed E-state index contributed by atoms with van der Waals surface area (Å²) in [7, 11) is 0. The van der Waals surface area contributed by atoms with Gasteiger partial charge in [-0.15, -0.1) is 0 Å². The summed E-state index contributed by atoms with van der Waals surface area (Å²) in [5.74, 6) is -0.261. The molecule has 2 N–H and O–H groups in total. The van der Waals surface area contributed by atoms with E-state index in [1.165, 1.54) is 0 Å². The molecule has 0 aromatic carbocycles. The normalized spacial score (nSPS) is 9.64. The van der Waals surface area contributed by atoms with Gasteiger partial charge in [0.2, 0.25) is 5.88 Å². The van der Waals surface area contributed by atoms with Gasteiger partial charge in [-0.1, -0.05) is 5.16 Å². The van der Waals surface area contributed by atoms with Crippen molar-refractivity contribution in [3.05, 3.63) is 11.8 Å². The molecule has 1 aromatic rings. The van der Waals surface area contributed by atoms with E-state index in [0.29, 0.717) is 5.69 Å². The van der Waals surface area contributed by atoms with Crippen LogP contribution in [0.4, 0.5) is 5.88 Å². The van der Waals surface area contributed by atoms with E-state index >= 15 is 0 Å². The fourth-order valence-corrected chi connectivity index (χ4v) is 0.599. The maximum atomic E-state index is 10.5. The molecule has 0 spiro atoms. The minimum atomic E-state index is -0.556. The lowest BCUT2D eigenvalue weighted by Gasteiger charge is -1.93. The minimum absolute atomic E-state index is 0.251. The minimum Gasteiger partial charge on any atom is -0.387 e. The van der Waals surface area contributed by atoms with Gasteiger partial charge < -0.3 is 9.63 Å². The van der Waals surface area contributed by atoms with Gasteiger partial charge >= 0.3 is 0 Å². The Kier molecular flexibility index (Phi) is 2.22. The van der Waals surface area contributed by atoms with Crippen molar-refractivity contribution in [2.24, 2.45) is 0 Å². The van der Waals surface area contributed by atoms with Crippen LogP contribution in [0.25, 0.3) is 0 Å². The van der Waals surface area contributed by atoms with E-state index in [0.717, 1.165) is 0 Å². The number of carbonyl (C=O) groups is 1. The zero-order valence-corrected chi connectivity index (χ0v) is 6.00. The topological polar surface area (TPSA) is 75.4 Å². The molecule has 1 aromatic heterocycles. The first kappa shape index (κ1) is 7.74. The van der Waals surface area contributed by atoms with Gasteiger partial charge in [-0.2, -0.15) is 0 Å². The molecule has 11 heavy (non-hydrogen) atoms. The van der Waals surface area contributed by atoms with E-state index < -0.39 is 12.5 Å². The summed E-state index contributed by atoms with van der Waals surface area (Å²) in [6, 6.07) is 1.56. The van der Waals surface area contributed by atoms with Gasteiger partial charge in [0.1, 0.15) is 6.61 Å². The second kappa shape index (κ2) is 3.16. The Hall–Kier alpha value is -1.36. The summed E-state index contributed by atoms with van der Waals surface area (Å²) >= 11 is 0. The van der Waals surface area contributed by atoms with E-state index in [4.69, 9.17) is 5.11 Å². The highest BCUT2D eigenvalue weighted by Gasteiger charge is 2.03. The second-order valence-electron chi connectivity index (χ2n) is 2.04. The molecule has 0 unspecified atom stereocenters. The average Bonchev–Trinajstić information content (AvgIpc) is 2.35. The molecule has 0 fully saturated rings. The zero-order valence-electron chi connectivity index (χ0n) is 6.00. The van der Waals surface area contributed by atoms with Crippen molar-refractivity contribution in [3.8, 4) is 0 Å². The van der Waals surface area contributed by atoms with E-state index in [2.05, 4.69) is 15.0 Å². The van der Waals surface area contributed by atoms with Gasteiger partial charge in [-0.3, -0.25) is 10.1 Å². The van der Waals surface area contributed by atoms with Crippen molar-refractivity contribution in [1.29, 1.82) is 0 Å². The van der Waals surface area contributed by atoms with E-state index in [1.807, 2.05) is 0 Å². The first-order valence-corrected chi connectivity index (χ1v) is 3.06. The van der Waals surface area contributed by atoms with Crippen molar-refractivity contribution >= 4 is 11.8 Å². The van der Waals surface area contributed by atoms with Gasteiger partial charge in [0.25, 0.3) is 5.91 Å². The van der Waals surface area contributed by atoms with E-state index in [9.17, 15) is 4.79 Å². The molecule has 60 valence electrons. The largest absolute Gasteiger partial charge is 0.387 e. The van der Waals surface area contributed by atoms with E-state index in [1.54, 1.807) is 13.0 Å². The summed E-state index contributed by atoms with van der Waals surface area (Å²) in [6.45, 7) is 1.18. The van der Waals surface area contributed by atoms with Gasteiger partial charge in [0.15, 0.2) is 0 Å². The molecular formula is C6H8N2O3. The van der Waals surface area contributed by atoms with Crippen LogP contribution >= 0.6 is 0 Å². The highest BCUT2D eigenvalue weighted by atomic mass is 16.5. The summed E-state index contributed by atoms with van der Waals surface area (Å²) in [5.41, 5.74) is 0.679. The molecule has 0 atom stereocenters. The molecular weight excluding hydrogens is 148 g/mol. The summed E-state index contributed by atoms with van der Waals surface area (Å²) in [5, 5.41) is 14.2. The standard InChI is InChI=1S/C6H8N2O3/c1-4-2-6(11-8-4)7-5(10)3-9/h2,9H,3H2,1H3,(H,7,10). The highest BCUT2D eigenvalue weighted by Crippen LogP contribution is 2.07. The Labute approximate surface area is 63.0 Å². The number of aryl methyl sites for hydroxylation is 1. The van der Waals surface area contributed by atoms with Gasteiger partial charge in [-0.05, 0) is 6.92 Å². The Morgan fingerprint density at radius 3 is 3.09 bits per heavy atom. The molecule has 0 bridgehead atoms. The van der Waals surface area contributed by atoms with Crippen molar-refractivity contribution < 1.29 is 14.4 Å². The first-order valence-electron chi connectivity index (χ1n) is 3.06. The van der Waals surface area contributed by atoms with Crippen LogP contribution in [-0.4, -0.2) is 22.8 Å². The molecule has 5 heteroatoms. The Balaban J connectivity index is 2.57. The fourth-order valence-electron chi connectivity index (χ4n) is 0.599. The number of aliphatic hydroxyl groups is 1. The number of nitrogens with zero attached hydrogens (tertiary/aromatic N) is 1. The monoisotopic (exact) mass is 156 g/mol. The predicted molar refractivity (Wildman–Crippen MR) is 37.0 cm³/mol. The number of hydrogen-bond acceptors (Lipinski definition) is 4. The lowest BCUT2D eigenvalue weighted by Crippen LogP contribution is -2.14. The average molecular weight is 156 g/mol. The Morgan fingerprint density at radius 1 is 1.91 bits per heavy atom. The number of rotatable bonds is 2. The SMILES string of the molecule is Cc1cc(NC(=O)CO)on1. The van der Waals surface area contributed by atoms with Crippen molar-refractivity contribution in [3.63, 3.8) is 0 Å². The molecule has 1 amide bonds. The number of aromatic nitrogens is 1. The van der Waals surface area contributed by atoms with Crippen molar-refractivity contribution in [2.75, 3.05) is 11.9 Å². The van der Waals surface area contributed by atoms with Gasteiger partial charge in [0.05, 0.1) is 5.69 Å². The summed E-state index contributed by atoms with van der Waals surface area (Å²) in [4.78, 5) is 10.5. The van der Waals surface area contributed by atoms with Crippen LogP contribution in [0.15, 0.2) is 10.6 Å². The predicted octanol–water partition coefficient (Wildman–Crippen LogP) is -0.0862. The molecule has 1 rings (SSSR count). The molecule has 0 aliphatic heterocycles. The molecule has 0 aliphatic rings. The van der Waals surface area contributed by atoms with Crippen molar-refractivity contribution in [1.82, 2.24) is 5.16 Å². The van der Waals surface area contributed by atoms with Crippen LogP contribution in [0.3, 0.4) is 0 Å². The zero-order chi connectivity index (χ0) is 8.27.